The standard InChI is InChI=1S/C19H18O2S.C4H9N/c1-21-18-4-2-3-15(9-10-18)19(20)16-7-5-14(6-8-16)17-11-12-22-13-17;1-2-4-5-3-1/h2-13,18-20H,1H3;5H,1-4H2. The maximum atomic E-state index is 10.6. The molecule has 3 nitrogen and oxygen atoms in total. The normalized spacial score (nSPS) is 19.8. The summed E-state index contributed by atoms with van der Waals surface area (Å²) < 4.78 is 5.27. The number of allylic oxidation sites excluding steroid dienone is 2. The Morgan fingerprint density at radius 2 is 1.85 bits per heavy atom. The molecule has 0 saturated carbocycles. The van der Waals surface area contributed by atoms with Crippen LogP contribution >= 0.6 is 11.3 Å². The molecule has 4 rings (SSSR count). The van der Waals surface area contributed by atoms with Gasteiger partial charge in [0.2, 0.25) is 0 Å². The first-order chi connectivity index (χ1) is 13.3. The molecule has 4 heteroatoms. The minimum absolute atomic E-state index is 0.0399. The van der Waals surface area contributed by atoms with Gasteiger partial charge in [-0.3, -0.25) is 0 Å². The fourth-order valence-corrected chi connectivity index (χ4v) is 3.71. The molecule has 1 fully saturated rings. The zero-order valence-electron chi connectivity index (χ0n) is 15.7. The maximum Gasteiger partial charge on any atom is 0.104 e. The average Bonchev–Trinajstić information content (AvgIpc) is 3.42. The number of aliphatic hydroxyl groups is 1. The van der Waals surface area contributed by atoms with E-state index in [4.69, 9.17) is 4.74 Å². The van der Waals surface area contributed by atoms with E-state index in [1.54, 1.807) is 18.4 Å². The summed E-state index contributed by atoms with van der Waals surface area (Å²) in [5, 5.41) is 18.0. The molecule has 2 unspecified atom stereocenters. The molecule has 142 valence electrons. The van der Waals surface area contributed by atoms with Crippen molar-refractivity contribution in [3.05, 3.63) is 82.6 Å². The summed E-state index contributed by atoms with van der Waals surface area (Å²) >= 11 is 1.69. The summed E-state index contributed by atoms with van der Waals surface area (Å²) in [6.07, 6.45) is 11.8. The Kier molecular flexibility index (Phi) is 7.60. The van der Waals surface area contributed by atoms with Gasteiger partial charge < -0.3 is 15.2 Å². The highest BCUT2D eigenvalue weighted by Gasteiger charge is 2.13. The molecule has 1 aliphatic carbocycles. The second-order valence-corrected chi connectivity index (χ2v) is 7.38. The zero-order valence-corrected chi connectivity index (χ0v) is 16.5. The highest BCUT2D eigenvalue weighted by Crippen LogP contribution is 2.28. The Morgan fingerprint density at radius 3 is 2.44 bits per heavy atom. The van der Waals surface area contributed by atoms with Crippen molar-refractivity contribution in [2.24, 2.45) is 0 Å². The number of rotatable bonds is 4. The molecular formula is C23H27NO2S. The second kappa shape index (κ2) is 10.4. The quantitative estimate of drug-likeness (QED) is 0.793. The summed E-state index contributed by atoms with van der Waals surface area (Å²) in [5.74, 6) is 0. The highest BCUT2D eigenvalue weighted by molar-refractivity contribution is 7.08. The van der Waals surface area contributed by atoms with Crippen LogP contribution in [0.2, 0.25) is 0 Å². The first kappa shape index (κ1) is 19.8. The van der Waals surface area contributed by atoms with E-state index < -0.39 is 6.10 Å². The Balaban J connectivity index is 0.000000364. The average molecular weight is 382 g/mol. The predicted octanol–water partition coefficient (Wildman–Crippen LogP) is 4.89. The Bertz CT molecular complexity index is 764. The van der Waals surface area contributed by atoms with Crippen molar-refractivity contribution in [1.82, 2.24) is 5.32 Å². The van der Waals surface area contributed by atoms with E-state index in [1.165, 1.54) is 37.1 Å². The van der Waals surface area contributed by atoms with Gasteiger partial charge in [-0.25, -0.2) is 0 Å². The molecule has 1 saturated heterocycles. The number of nitrogens with one attached hydrogen (secondary N) is 1. The van der Waals surface area contributed by atoms with Crippen molar-refractivity contribution in [2.45, 2.75) is 25.0 Å². The van der Waals surface area contributed by atoms with Crippen LogP contribution in [0, 0.1) is 0 Å². The smallest absolute Gasteiger partial charge is 0.104 e. The Labute approximate surface area is 165 Å². The molecule has 2 heterocycles. The SMILES string of the molecule is C1CCNC1.COC1C=CC=C(C(O)c2ccc(-c3ccsc3)cc2)C=C1. The number of benzene rings is 1. The van der Waals surface area contributed by atoms with Crippen LogP contribution in [0.3, 0.4) is 0 Å². The van der Waals surface area contributed by atoms with Crippen LogP contribution in [0.5, 0.6) is 0 Å². The molecule has 0 amide bonds. The van der Waals surface area contributed by atoms with Crippen molar-refractivity contribution in [3.63, 3.8) is 0 Å². The number of hydrogen-bond donors (Lipinski definition) is 2. The summed E-state index contributed by atoms with van der Waals surface area (Å²) in [4.78, 5) is 0. The van der Waals surface area contributed by atoms with E-state index >= 15 is 0 Å². The van der Waals surface area contributed by atoms with E-state index in [0.717, 1.165) is 11.1 Å². The molecule has 2 N–H and O–H groups in total. The number of thiophene rings is 1. The summed E-state index contributed by atoms with van der Waals surface area (Å²) in [6.45, 7) is 2.50. The van der Waals surface area contributed by atoms with E-state index in [1.807, 2.05) is 42.5 Å². The van der Waals surface area contributed by atoms with Crippen LogP contribution in [0.1, 0.15) is 24.5 Å². The molecular weight excluding hydrogens is 354 g/mol. The number of aliphatic hydroxyl groups excluding tert-OH is 1. The molecule has 1 aromatic heterocycles. The lowest BCUT2D eigenvalue weighted by molar-refractivity contribution is 0.177. The molecule has 2 aliphatic rings. The number of ether oxygens (including phenoxy) is 1. The van der Waals surface area contributed by atoms with Crippen molar-refractivity contribution in [2.75, 3.05) is 20.2 Å². The van der Waals surface area contributed by atoms with Gasteiger partial charge in [0.05, 0.1) is 6.10 Å². The maximum absolute atomic E-state index is 10.6. The molecule has 2 aromatic rings. The fraction of sp³-hybridized carbons (Fsp3) is 0.304. The molecule has 27 heavy (non-hydrogen) atoms. The van der Waals surface area contributed by atoms with Crippen LogP contribution in [0.4, 0.5) is 0 Å². The van der Waals surface area contributed by atoms with E-state index in [9.17, 15) is 5.11 Å². The lowest BCUT2D eigenvalue weighted by atomic mass is 9.98. The van der Waals surface area contributed by atoms with Crippen LogP contribution in [0.15, 0.2) is 77.0 Å². The van der Waals surface area contributed by atoms with E-state index in [-0.39, 0.29) is 6.10 Å². The van der Waals surface area contributed by atoms with Crippen molar-refractivity contribution < 1.29 is 9.84 Å². The first-order valence-electron chi connectivity index (χ1n) is 9.38. The van der Waals surface area contributed by atoms with Gasteiger partial charge in [0.1, 0.15) is 6.10 Å². The monoisotopic (exact) mass is 381 g/mol. The van der Waals surface area contributed by atoms with E-state index in [0.29, 0.717) is 0 Å². The highest BCUT2D eigenvalue weighted by atomic mass is 32.1. The van der Waals surface area contributed by atoms with Crippen LogP contribution in [-0.2, 0) is 4.74 Å². The van der Waals surface area contributed by atoms with Crippen molar-refractivity contribution in [1.29, 1.82) is 0 Å². The first-order valence-corrected chi connectivity index (χ1v) is 10.3. The predicted molar refractivity (Wildman–Crippen MR) is 114 cm³/mol. The van der Waals surface area contributed by atoms with Crippen LogP contribution < -0.4 is 5.32 Å². The molecule has 0 radical (unpaired) electrons. The topological polar surface area (TPSA) is 41.5 Å². The lowest BCUT2D eigenvalue weighted by Crippen LogP contribution is -2.03. The number of methoxy groups -OCH3 is 1. The molecule has 1 aliphatic heterocycles. The third-order valence-corrected chi connectivity index (χ3v) is 5.38. The third-order valence-electron chi connectivity index (χ3n) is 4.69. The van der Waals surface area contributed by atoms with Crippen LogP contribution in [0.25, 0.3) is 11.1 Å². The minimum Gasteiger partial charge on any atom is -0.384 e. The Morgan fingerprint density at radius 1 is 1.07 bits per heavy atom. The van der Waals surface area contributed by atoms with Gasteiger partial charge in [-0.15, -0.1) is 0 Å². The molecule has 0 spiro atoms. The third kappa shape index (κ3) is 5.75. The largest absolute Gasteiger partial charge is 0.384 e. The van der Waals surface area contributed by atoms with Gasteiger partial charge in [-0.1, -0.05) is 54.6 Å². The van der Waals surface area contributed by atoms with Gasteiger partial charge >= 0.3 is 0 Å². The summed E-state index contributed by atoms with van der Waals surface area (Å²) in [6, 6.07) is 10.2. The second-order valence-electron chi connectivity index (χ2n) is 6.60. The minimum atomic E-state index is -0.631. The van der Waals surface area contributed by atoms with Gasteiger partial charge in [0, 0.05) is 7.11 Å². The van der Waals surface area contributed by atoms with Gasteiger partial charge in [0.15, 0.2) is 0 Å². The fourth-order valence-electron chi connectivity index (χ4n) is 3.05. The lowest BCUT2D eigenvalue weighted by Gasteiger charge is -2.13. The van der Waals surface area contributed by atoms with Crippen molar-refractivity contribution in [3.8, 4) is 11.1 Å². The van der Waals surface area contributed by atoms with Gasteiger partial charge in [0.25, 0.3) is 0 Å². The zero-order chi connectivity index (χ0) is 18.9. The van der Waals surface area contributed by atoms with Gasteiger partial charge in [-0.05, 0) is 65.0 Å². The molecule has 2 atom stereocenters. The van der Waals surface area contributed by atoms with Crippen molar-refractivity contribution >= 4 is 11.3 Å². The molecule has 0 bridgehead atoms. The summed E-state index contributed by atoms with van der Waals surface area (Å²) in [7, 11) is 1.67. The number of hydrogen-bond acceptors (Lipinski definition) is 4. The summed E-state index contributed by atoms with van der Waals surface area (Å²) in [5.41, 5.74) is 4.13. The van der Waals surface area contributed by atoms with Crippen LogP contribution in [-0.4, -0.2) is 31.4 Å². The van der Waals surface area contributed by atoms with E-state index in [2.05, 4.69) is 34.3 Å². The van der Waals surface area contributed by atoms with Gasteiger partial charge in [-0.2, -0.15) is 11.3 Å². The Hall–Kier alpha value is -1.98. The molecule has 1 aromatic carbocycles.